The summed E-state index contributed by atoms with van der Waals surface area (Å²) < 4.78 is 0. The number of benzene rings is 4. The van der Waals surface area contributed by atoms with Crippen LogP contribution in [0.4, 0.5) is 0 Å². The van der Waals surface area contributed by atoms with Gasteiger partial charge >= 0.3 is 0 Å². The topological polar surface area (TPSA) is 0 Å². The molecule has 0 N–H and O–H groups in total. The van der Waals surface area contributed by atoms with Crippen molar-refractivity contribution in [2.75, 3.05) is 0 Å². The lowest BCUT2D eigenvalue weighted by Gasteiger charge is -2.19. The van der Waals surface area contributed by atoms with Crippen LogP contribution in [0.2, 0.25) is 0 Å². The number of rotatable bonds is 2. The smallest absolute Gasteiger partial charge is 0.000143 e. The molecule has 0 heteroatoms. The summed E-state index contributed by atoms with van der Waals surface area (Å²) in [6.07, 6.45) is 0. The van der Waals surface area contributed by atoms with E-state index in [2.05, 4.69) is 114 Å². The third kappa shape index (κ3) is 2.85. The fraction of sp³-hybridized carbons (Fsp3) is 0.176. The summed E-state index contributed by atoms with van der Waals surface area (Å²) in [6.45, 7) is 13.5. The zero-order chi connectivity index (χ0) is 23.7. The minimum Gasteiger partial charge on any atom is -0.0616 e. The van der Waals surface area contributed by atoms with E-state index < -0.39 is 0 Å². The molecule has 0 aromatic heterocycles. The third-order valence-electron chi connectivity index (χ3n) is 7.54. The first-order valence-corrected chi connectivity index (χ1v) is 12.2. The highest BCUT2D eigenvalue weighted by Crippen LogP contribution is 2.51. The monoisotopic (exact) mass is 438 g/mol. The molecule has 0 heterocycles. The molecule has 0 bridgehead atoms. The van der Waals surface area contributed by atoms with Crippen LogP contribution in [0, 0.1) is 41.5 Å². The van der Waals surface area contributed by atoms with E-state index in [0.717, 1.165) is 0 Å². The van der Waals surface area contributed by atoms with E-state index in [1.54, 1.807) is 0 Å². The molecule has 0 saturated carbocycles. The summed E-state index contributed by atoms with van der Waals surface area (Å²) in [7, 11) is 0. The van der Waals surface area contributed by atoms with Gasteiger partial charge in [0.2, 0.25) is 0 Å². The molecule has 0 spiro atoms. The number of fused-ring (bicyclic) bond motifs is 4. The van der Waals surface area contributed by atoms with Crippen molar-refractivity contribution >= 4 is 16.7 Å². The molecule has 0 atom stereocenters. The molecule has 2 aliphatic rings. The first kappa shape index (κ1) is 20.9. The number of hydrogen-bond donors (Lipinski definition) is 0. The van der Waals surface area contributed by atoms with Gasteiger partial charge in [0.15, 0.2) is 0 Å². The van der Waals surface area contributed by atoms with E-state index in [1.165, 1.54) is 88.4 Å². The molecule has 4 aromatic rings. The van der Waals surface area contributed by atoms with Crippen LogP contribution in [0.15, 0.2) is 78.4 Å². The summed E-state index contributed by atoms with van der Waals surface area (Å²) in [5.74, 6) is 0. The summed E-state index contributed by atoms with van der Waals surface area (Å²) >= 11 is 0. The van der Waals surface area contributed by atoms with Gasteiger partial charge in [-0.15, -0.1) is 0 Å². The van der Waals surface area contributed by atoms with Crippen LogP contribution in [0.5, 0.6) is 0 Å². The molecule has 6 rings (SSSR count). The summed E-state index contributed by atoms with van der Waals surface area (Å²) in [5.41, 5.74) is 19.1. The second kappa shape index (κ2) is 7.43. The molecule has 0 nitrogen and oxygen atoms in total. The highest BCUT2D eigenvalue weighted by Gasteiger charge is 2.35. The van der Waals surface area contributed by atoms with Gasteiger partial charge in [-0.05, 0) is 119 Å². The Hall–Kier alpha value is -3.64. The molecule has 0 unspecified atom stereocenters. The molecule has 166 valence electrons. The standard InChI is InChI=1S/C34H30/c1-19-15-21(3)29(22(4)16-19)32-27-13-9-7-11-25(27)31-26-12-8-10-14-28(26)33(34(31)32)30-23(5)17-20(2)18-24(30)6/h7-18H,1-6H3. The quantitative estimate of drug-likeness (QED) is 0.324. The van der Waals surface area contributed by atoms with E-state index in [9.17, 15) is 0 Å². The highest BCUT2D eigenvalue weighted by molar-refractivity contribution is 6.17. The minimum atomic E-state index is 1.32. The molecule has 0 saturated heterocycles. The summed E-state index contributed by atoms with van der Waals surface area (Å²) in [6, 6.07) is 27.3. The largest absolute Gasteiger partial charge is 0.0616 e. The lowest BCUT2D eigenvalue weighted by Crippen LogP contribution is -2.24. The first-order valence-electron chi connectivity index (χ1n) is 12.2. The van der Waals surface area contributed by atoms with Crippen molar-refractivity contribution in [1.29, 1.82) is 0 Å². The van der Waals surface area contributed by atoms with Crippen LogP contribution in [0.3, 0.4) is 0 Å². The Morgan fingerprint density at radius 2 is 0.765 bits per heavy atom. The molecule has 0 aliphatic heterocycles. The maximum atomic E-state index is 2.33. The van der Waals surface area contributed by atoms with Gasteiger partial charge in [0.1, 0.15) is 0 Å². The lowest BCUT2D eigenvalue weighted by molar-refractivity contribution is 1.28. The van der Waals surface area contributed by atoms with Crippen molar-refractivity contribution in [2.45, 2.75) is 41.5 Å². The van der Waals surface area contributed by atoms with Crippen molar-refractivity contribution in [3.05, 3.63) is 144 Å². The molecule has 4 aromatic carbocycles. The van der Waals surface area contributed by atoms with Crippen LogP contribution in [-0.4, -0.2) is 0 Å². The van der Waals surface area contributed by atoms with Gasteiger partial charge in [-0.2, -0.15) is 0 Å². The van der Waals surface area contributed by atoms with E-state index in [1.807, 2.05) is 0 Å². The van der Waals surface area contributed by atoms with E-state index in [4.69, 9.17) is 0 Å². The maximum Gasteiger partial charge on any atom is -0.000143 e. The molecule has 0 radical (unpaired) electrons. The fourth-order valence-electron chi connectivity index (χ4n) is 6.57. The Morgan fingerprint density at radius 1 is 0.382 bits per heavy atom. The van der Waals surface area contributed by atoms with Crippen LogP contribution >= 0.6 is 0 Å². The van der Waals surface area contributed by atoms with Gasteiger partial charge in [-0.1, -0.05) is 83.9 Å². The van der Waals surface area contributed by atoms with E-state index in [-0.39, 0.29) is 0 Å². The number of hydrogen-bond acceptors (Lipinski definition) is 0. The zero-order valence-corrected chi connectivity index (χ0v) is 20.9. The molecular formula is C34H30. The Bertz CT molecular complexity index is 1640. The predicted molar refractivity (Wildman–Crippen MR) is 144 cm³/mol. The normalized spacial score (nSPS) is 13.9. The fourth-order valence-corrected chi connectivity index (χ4v) is 6.57. The van der Waals surface area contributed by atoms with Crippen LogP contribution in [0.1, 0.15) is 55.6 Å². The average Bonchev–Trinajstić information content (AvgIpc) is 3.27. The van der Waals surface area contributed by atoms with Gasteiger partial charge in [-0.25, -0.2) is 0 Å². The van der Waals surface area contributed by atoms with Gasteiger partial charge < -0.3 is 0 Å². The zero-order valence-electron chi connectivity index (χ0n) is 20.9. The van der Waals surface area contributed by atoms with Gasteiger partial charge in [-0.3, -0.25) is 0 Å². The van der Waals surface area contributed by atoms with Crippen LogP contribution in [0.25, 0.3) is 16.7 Å². The SMILES string of the molecule is Cc1cc(C)c(C2=C3C(=c4ccccc4=C3c3c(C)cc(C)cc3C)c3ccccc32)c(C)c1. The molecule has 0 fully saturated rings. The Balaban J connectivity index is 1.85. The van der Waals surface area contributed by atoms with Crippen LogP contribution in [-0.2, 0) is 0 Å². The number of allylic oxidation sites excluding steroid dienone is 1. The van der Waals surface area contributed by atoms with Crippen molar-refractivity contribution in [3.8, 4) is 0 Å². The van der Waals surface area contributed by atoms with Crippen molar-refractivity contribution in [2.24, 2.45) is 0 Å². The predicted octanol–water partition coefficient (Wildman–Crippen LogP) is 6.76. The Morgan fingerprint density at radius 3 is 1.26 bits per heavy atom. The number of aryl methyl sites for hydroxylation is 6. The third-order valence-corrected chi connectivity index (χ3v) is 7.54. The van der Waals surface area contributed by atoms with Gasteiger partial charge in [0, 0.05) is 0 Å². The molecule has 34 heavy (non-hydrogen) atoms. The second-order valence-corrected chi connectivity index (χ2v) is 10.1. The van der Waals surface area contributed by atoms with Crippen molar-refractivity contribution in [3.63, 3.8) is 0 Å². The molecule has 0 amide bonds. The summed E-state index contributed by atoms with van der Waals surface area (Å²) in [4.78, 5) is 0. The lowest BCUT2D eigenvalue weighted by atomic mass is 9.84. The van der Waals surface area contributed by atoms with Gasteiger partial charge in [0.25, 0.3) is 0 Å². The Labute approximate surface area is 202 Å². The first-order chi connectivity index (χ1) is 16.4. The van der Waals surface area contributed by atoms with Crippen molar-refractivity contribution < 1.29 is 0 Å². The van der Waals surface area contributed by atoms with Crippen LogP contribution < -0.4 is 10.4 Å². The van der Waals surface area contributed by atoms with E-state index in [0.29, 0.717) is 0 Å². The molecular weight excluding hydrogens is 408 g/mol. The minimum absolute atomic E-state index is 1.32. The van der Waals surface area contributed by atoms with Crippen molar-refractivity contribution in [1.82, 2.24) is 0 Å². The maximum absolute atomic E-state index is 2.33. The van der Waals surface area contributed by atoms with E-state index >= 15 is 0 Å². The van der Waals surface area contributed by atoms with Gasteiger partial charge in [0.05, 0.1) is 0 Å². The summed E-state index contributed by atoms with van der Waals surface area (Å²) in [5, 5.41) is 2.72. The highest BCUT2D eigenvalue weighted by atomic mass is 14.4. The Kier molecular flexibility index (Phi) is 4.58. The molecule has 2 aliphatic carbocycles. The average molecular weight is 439 g/mol. The second-order valence-electron chi connectivity index (χ2n) is 10.1.